The Morgan fingerprint density at radius 2 is 2.20 bits per heavy atom. The molecule has 0 spiro atoms. The maximum atomic E-state index is 11.6. The van der Waals surface area contributed by atoms with Crippen LogP contribution in [0.3, 0.4) is 0 Å². The molecule has 0 aliphatic carbocycles. The van der Waals surface area contributed by atoms with E-state index in [-0.39, 0.29) is 18.7 Å². The van der Waals surface area contributed by atoms with E-state index in [2.05, 4.69) is 10.1 Å². The van der Waals surface area contributed by atoms with Gasteiger partial charge in [-0.15, -0.1) is 0 Å². The van der Waals surface area contributed by atoms with Gasteiger partial charge in [0.25, 0.3) is 5.69 Å². The Labute approximate surface area is 114 Å². The van der Waals surface area contributed by atoms with Gasteiger partial charge in [0.1, 0.15) is 0 Å². The number of rotatable bonds is 7. The molecule has 1 rings (SSSR count). The number of nitrogens with zero attached hydrogens (tertiary/aromatic N) is 1. The Bertz CT molecular complexity index is 516. The molecule has 0 fully saturated rings. The van der Waals surface area contributed by atoms with Crippen LogP contribution in [0.25, 0.3) is 0 Å². The van der Waals surface area contributed by atoms with Crippen molar-refractivity contribution in [2.75, 3.05) is 13.7 Å². The van der Waals surface area contributed by atoms with Gasteiger partial charge in [-0.05, 0) is 5.56 Å². The number of nitro groups is 1. The van der Waals surface area contributed by atoms with Crippen LogP contribution < -0.4 is 5.32 Å². The van der Waals surface area contributed by atoms with Crippen molar-refractivity contribution in [1.29, 1.82) is 0 Å². The predicted octanol–water partition coefficient (Wildman–Crippen LogP) is 0.353. The molecular weight excluding hydrogens is 268 g/mol. The first-order valence-electron chi connectivity index (χ1n) is 5.69. The van der Waals surface area contributed by atoms with Crippen LogP contribution in [0.2, 0.25) is 0 Å². The lowest BCUT2D eigenvalue weighted by atomic mass is 10.1. The van der Waals surface area contributed by atoms with Crippen molar-refractivity contribution >= 4 is 17.6 Å². The number of nitrogens with one attached hydrogen (secondary N) is 1. The maximum Gasteiger partial charge on any atom is 0.334 e. The number of methoxy groups -OCH3 is 1. The topological polar surface area (TPSA) is 119 Å². The molecule has 2 N–H and O–H groups in total. The molecule has 0 aliphatic heterocycles. The van der Waals surface area contributed by atoms with Gasteiger partial charge in [0.05, 0.1) is 17.9 Å². The number of carbonyl (C=O) groups is 2. The molecule has 8 heteroatoms. The largest absolute Gasteiger partial charge is 0.479 e. The van der Waals surface area contributed by atoms with Crippen LogP contribution in [0.1, 0.15) is 5.56 Å². The zero-order valence-corrected chi connectivity index (χ0v) is 10.7. The highest BCUT2D eigenvalue weighted by molar-refractivity contribution is 5.80. The minimum Gasteiger partial charge on any atom is -0.479 e. The monoisotopic (exact) mass is 282 g/mol. The van der Waals surface area contributed by atoms with Crippen molar-refractivity contribution in [1.82, 2.24) is 5.32 Å². The average molecular weight is 282 g/mol. The number of hydrogen-bond acceptors (Lipinski definition) is 5. The van der Waals surface area contributed by atoms with Gasteiger partial charge in [0.15, 0.2) is 6.10 Å². The highest BCUT2D eigenvalue weighted by Crippen LogP contribution is 2.13. The second-order valence-electron chi connectivity index (χ2n) is 3.97. The zero-order chi connectivity index (χ0) is 15.1. The zero-order valence-electron chi connectivity index (χ0n) is 10.7. The van der Waals surface area contributed by atoms with E-state index in [1.54, 1.807) is 6.07 Å². The van der Waals surface area contributed by atoms with Crippen molar-refractivity contribution in [3.8, 4) is 0 Å². The van der Waals surface area contributed by atoms with Gasteiger partial charge in [-0.1, -0.05) is 12.1 Å². The van der Waals surface area contributed by atoms with E-state index in [1.165, 1.54) is 25.3 Å². The standard InChI is InChI=1S/C12H14N2O6/c1-20-10(12(16)17)7-13-11(15)6-8-3-2-4-9(5-8)14(18)19/h2-5,10H,6-7H2,1H3,(H,13,15)(H,16,17). The first-order valence-corrected chi connectivity index (χ1v) is 5.69. The molecule has 1 aromatic carbocycles. The fourth-order valence-electron chi connectivity index (χ4n) is 1.51. The molecule has 0 radical (unpaired) electrons. The Morgan fingerprint density at radius 3 is 2.75 bits per heavy atom. The Morgan fingerprint density at radius 1 is 1.50 bits per heavy atom. The molecule has 1 amide bonds. The molecule has 0 bridgehead atoms. The SMILES string of the molecule is COC(CNC(=O)Cc1cccc([N+](=O)[O-])c1)C(=O)O. The summed E-state index contributed by atoms with van der Waals surface area (Å²) in [6.45, 7) is -0.167. The summed E-state index contributed by atoms with van der Waals surface area (Å²) in [7, 11) is 1.23. The fourth-order valence-corrected chi connectivity index (χ4v) is 1.51. The molecule has 1 unspecified atom stereocenters. The summed E-state index contributed by atoms with van der Waals surface area (Å²) in [4.78, 5) is 32.3. The number of amides is 1. The molecule has 0 saturated heterocycles. The smallest absolute Gasteiger partial charge is 0.334 e. The summed E-state index contributed by atoms with van der Waals surface area (Å²) in [6.07, 6.45) is -1.19. The Balaban J connectivity index is 2.56. The number of nitro benzene ring substituents is 1. The van der Waals surface area contributed by atoms with Crippen LogP contribution in [0.4, 0.5) is 5.69 Å². The number of ether oxygens (including phenoxy) is 1. The van der Waals surface area contributed by atoms with Crippen molar-refractivity contribution < 1.29 is 24.4 Å². The first-order chi connectivity index (χ1) is 9.43. The van der Waals surface area contributed by atoms with E-state index >= 15 is 0 Å². The van der Waals surface area contributed by atoms with Gasteiger partial charge in [-0.2, -0.15) is 0 Å². The summed E-state index contributed by atoms with van der Waals surface area (Å²) in [6, 6.07) is 5.69. The van der Waals surface area contributed by atoms with E-state index in [4.69, 9.17) is 5.11 Å². The first kappa shape index (κ1) is 15.6. The molecule has 1 atom stereocenters. The third kappa shape index (κ3) is 4.65. The Kier molecular flexibility index (Phi) is 5.60. The van der Waals surface area contributed by atoms with Gasteiger partial charge < -0.3 is 15.2 Å². The van der Waals surface area contributed by atoms with E-state index in [0.29, 0.717) is 5.56 Å². The average Bonchev–Trinajstić information content (AvgIpc) is 2.39. The molecule has 0 saturated carbocycles. The van der Waals surface area contributed by atoms with Crippen molar-refractivity contribution in [2.45, 2.75) is 12.5 Å². The summed E-state index contributed by atoms with van der Waals surface area (Å²) >= 11 is 0. The van der Waals surface area contributed by atoms with Crippen LogP contribution in [-0.4, -0.2) is 41.7 Å². The minimum absolute atomic E-state index is 0.0717. The van der Waals surface area contributed by atoms with Crippen molar-refractivity contribution in [3.63, 3.8) is 0 Å². The maximum absolute atomic E-state index is 11.6. The van der Waals surface area contributed by atoms with Crippen LogP contribution in [0.5, 0.6) is 0 Å². The number of carboxylic acids is 1. The summed E-state index contributed by atoms with van der Waals surface area (Å²) < 4.78 is 4.66. The summed E-state index contributed by atoms with van der Waals surface area (Å²) in [5.41, 5.74) is 0.372. The molecule has 0 aliphatic rings. The van der Waals surface area contributed by atoms with Gasteiger partial charge in [-0.3, -0.25) is 14.9 Å². The van der Waals surface area contributed by atoms with Crippen LogP contribution in [0, 0.1) is 10.1 Å². The van der Waals surface area contributed by atoms with Crippen LogP contribution >= 0.6 is 0 Å². The summed E-state index contributed by atoms with van der Waals surface area (Å²) in [5.74, 6) is -1.61. The van der Waals surface area contributed by atoms with E-state index < -0.39 is 22.9 Å². The van der Waals surface area contributed by atoms with Gasteiger partial charge in [-0.25, -0.2) is 4.79 Å². The molecule has 20 heavy (non-hydrogen) atoms. The third-order valence-corrected chi connectivity index (χ3v) is 2.53. The number of aliphatic carboxylic acids is 1. The second kappa shape index (κ2) is 7.19. The van der Waals surface area contributed by atoms with E-state index in [1.807, 2.05) is 0 Å². The fraction of sp³-hybridized carbons (Fsp3) is 0.333. The Hall–Kier alpha value is -2.48. The third-order valence-electron chi connectivity index (χ3n) is 2.53. The molecule has 1 aromatic rings. The normalized spacial score (nSPS) is 11.7. The van der Waals surface area contributed by atoms with Gasteiger partial charge in [0, 0.05) is 19.2 Å². The number of hydrogen-bond donors (Lipinski definition) is 2. The lowest BCUT2D eigenvalue weighted by Gasteiger charge is -2.11. The van der Waals surface area contributed by atoms with Crippen molar-refractivity contribution in [2.24, 2.45) is 0 Å². The van der Waals surface area contributed by atoms with E-state index in [0.717, 1.165) is 0 Å². The quantitative estimate of drug-likeness (QED) is 0.550. The molecule has 0 aromatic heterocycles. The number of benzene rings is 1. The number of carboxylic acid groups (broad SMARTS) is 1. The minimum atomic E-state index is -1.18. The second-order valence-corrected chi connectivity index (χ2v) is 3.97. The van der Waals surface area contributed by atoms with Crippen LogP contribution in [-0.2, 0) is 20.7 Å². The van der Waals surface area contributed by atoms with E-state index in [9.17, 15) is 19.7 Å². The highest BCUT2D eigenvalue weighted by atomic mass is 16.6. The summed E-state index contributed by atoms with van der Waals surface area (Å²) in [5, 5.41) is 21.7. The van der Waals surface area contributed by atoms with Gasteiger partial charge in [0.2, 0.25) is 5.91 Å². The highest BCUT2D eigenvalue weighted by Gasteiger charge is 2.17. The lowest BCUT2D eigenvalue weighted by Crippen LogP contribution is -2.38. The van der Waals surface area contributed by atoms with Crippen molar-refractivity contribution in [3.05, 3.63) is 39.9 Å². The number of non-ortho nitro benzene ring substituents is 1. The molecular formula is C12H14N2O6. The predicted molar refractivity (Wildman–Crippen MR) is 68.2 cm³/mol. The lowest BCUT2D eigenvalue weighted by molar-refractivity contribution is -0.384. The molecule has 8 nitrogen and oxygen atoms in total. The number of carbonyl (C=O) groups excluding carboxylic acids is 1. The molecule has 0 heterocycles. The van der Waals surface area contributed by atoms with Gasteiger partial charge >= 0.3 is 5.97 Å². The van der Waals surface area contributed by atoms with Crippen LogP contribution in [0.15, 0.2) is 24.3 Å². The molecule has 108 valence electrons.